The predicted molar refractivity (Wildman–Crippen MR) is 74.1 cm³/mol. The molecule has 11 nitrogen and oxygen atoms in total. The summed E-state index contributed by atoms with van der Waals surface area (Å²) in [4.78, 5) is 39.4. The van der Waals surface area contributed by atoms with E-state index in [1.807, 2.05) is 0 Å². The van der Waals surface area contributed by atoms with E-state index in [9.17, 15) is 23.6 Å². The van der Waals surface area contributed by atoms with Gasteiger partial charge in [0.15, 0.2) is 0 Å². The Morgan fingerprint density at radius 1 is 1.00 bits per heavy atom. The maximum absolute atomic E-state index is 12.0. The highest BCUT2D eigenvalue weighted by molar-refractivity contribution is 7.61. The smallest absolute Gasteiger partial charge is 0.300 e. The Hall–Kier alpha value is -1.32. The minimum absolute atomic E-state index is 0.119. The van der Waals surface area contributed by atoms with Gasteiger partial charge >= 0.3 is 27.6 Å². The van der Waals surface area contributed by atoms with Gasteiger partial charge in [0.25, 0.3) is 0 Å². The van der Waals surface area contributed by atoms with Crippen LogP contribution >= 0.6 is 15.6 Å². The fourth-order valence-corrected chi connectivity index (χ4v) is 2.76. The van der Waals surface area contributed by atoms with Gasteiger partial charge in [-0.05, 0) is 20.8 Å². The Kier molecular flexibility index (Phi) is 8.57. The molecule has 13 heteroatoms. The average molecular weight is 374 g/mol. The molecule has 0 saturated carbocycles. The van der Waals surface area contributed by atoms with Gasteiger partial charge in [0.2, 0.25) is 0 Å². The fraction of sp³-hybridized carbons (Fsp3) is 0.400. The molecular formula is C10H16O11P2. The van der Waals surface area contributed by atoms with Crippen molar-refractivity contribution in [3.8, 4) is 0 Å². The van der Waals surface area contributed by atoms with E-state index < -0.39 is 27.6 Å². The van der Waals surface area contributed by atoms with Gasteiger partial charge in [-0.15, -0.1) is 0 Å². The Balaban J connectivity index is 4.88. The van der Waals surface area contributed by atoms with Crippen molar-refractivity contribution in [3.63, 3.8) is 0 Å². The van der Waals surface area contributed by atoms with Crippen LogP contribution in [0.3, 0.4) is 0 Å². The molecule has 0 aromatic carbocycles. The zero-order valence-corrected chi connectivity index (χ0v) is 14.3. The third-order valence-corrected chi connectivity index (χ3v) is 4.32. The van der Waals surface area contributed by atoms with Crippen LogP contribution in [0.1, 0.15) is 20.8 Å². The Bertz CT molecular complexity index is 581. The molecule has 0 heterocycles. The third-order valence-electron chi connectivity index (χ3n) is 1.60. The summed E-state index contributed by atoms with van der Waals surface area (Å²) in [7, 11) is -10.1. The predicted octanol–water partition coefficient (Wildman–Crippen LogP) is 2.35. The highest BCUT2D eigenvalue weighted by Crippen LogP contribution is 2.63. The lowest BCUT2D eigenvalue weighted by Gasteiger charge is -2.17. The zero-order chi connectivity index (χ0) is 18.3. The van der Waals surface area contributed by atoms with Crippen LogP contribution in [0.25, 0.3) is 0 Å². The molecule has 0 aliphatic heterocycles. The van der Waals surface area contributed by atoms with E-state index in [1.54, 1.807) is 0 Å². The van der Waals surface area contributed by atoms with E-state index in [2.05, 4.69) is 41.1 Å². The minimum atomic E-state index is -5.23. The molecular weight excluding hydrogens is 358 g/mol. The molecule has 0 rings (SSSR count). The largest absolute Gasteiger partial charge is 0.520 e. The normalized spacial score (nSPS) is 15.8. The van der Waals surface area contributed by atoms with E-state index in [-0.39, 0.29) is 17.8 Å². The Morgan fingerprint density at radius 2 is 1.43 bits per heavy atom. The number of phosphoric acid groups is 2. The second kappa shape index (κ2) is 9.09. The maximum Gasteiger partial charge on any atom is 0.520 e. The molecule has 0 aromatic rings. The number of carbonyl (C=O) groups is 2. The zero-order valence-electron chi connectivity index (χ0n) is 12.5. The van der Waals surface area contributed by atoms with Gasteiger partial charge < -0.3 is 4.89 Å². The summed E-state index contributed by atoms with van der Waals surface area (Å²) < 4.78 is 40.1. The first-order chi connectivity index (χ1) is 10.4. The van der Waals surface area contributed by atoms with Crippen molar-refractivity contribution in [1.29, 1.82) is 0 Å². The molecule has 132 valence electrons. The van der Waals surface area contributed by atoms with Crippen molar-refractivity contribution >= 4 is 27.6 Å². The van der Waals surface area contributed by atoms with Crippen LogP contribution in [0, 0.1) is 0 Å². The molecule has 0 radical (unpaired) electrons. The summed E-state index contributed by atoms with van der Waals surface area (Å²) in [5, 5.41) is 0. The summed E-state index contributed by atoms with van der Waals surface area (Å²) >= 11 is 0. The van der Waals surface area contributed by atoms with Gasteiger partial charge in [-0.2, -0.15) is 4.31 Å². The maximum atomic E-state index is 12.0. The molecule has 0 aromatic heterocycles. The monoisotopic (exact) mass is 374 g/mol. The molecule has 0 amide bonds. The van der Waals surface area contributed by atoms with Gasteiger partial charge in [-0.3, -0.25) is 14.3 Å². The van der Waals surface area contributed by atoms with Crippen molar-refractivity contribution in [2.45, 2.75) is 20.8 Å². The van der Waals surface area contributed by atoms with Crippen molar-refractivity contribution in [3.05, 3.63) is 24.3 Å². The summed E-state index contributed by atoms with van der Waals surface area (Å²) in [5.41, 5.74) is -0.267. The van der Waals surface area contributed by atoms with E-state index >= 15 is 0 Å². The van der Waals surface area contributed by atoms with Gasteiger partial charge in [0.05, 0.1) is 6.61 Å². The van der Waals surface area contributed by atoms with Gasteiger partial charge in [0, 0.05) is 11.1 Å². The molecule has 0 bridgehead atoms. The first kappa shape index (κ1) is 21.7. The molecule has 23 heavy (non-hydrogen) atoms. The lowest BCUT2D eigenvalue weighted by atomic mass is 10.4. The van der Waals surface area contributed by atoms with Crippen LogP contribution in [-0.2, 0) is 46.7 Å². The van der Waals surface area contributed by atoms with Crippen molar-refractivity contribution in [2.24, 2.45) is 0 Å². The molecule has 0 saturated heterocycles. The van der Waals surface area contributed by atoms with Crippen LogP contribution < -0.4 is 0 Å². The number of hydrogen-bond donors (Lipinski definition) is 1. The summed E-state index contributed by atoms with van der Waals surface area (Å²) in [5.74, 6) is -2.31. The van der Waals surface area contributed by atoms with Crippen LogP contribution in [0.15, 0.2) is 24.3 Å². The highest BCUT2D eigenvalue weighted by atomic mass is 31.3. The van der Waals surface area contributed by atoms with Crippen molar-refractivity contribution in [1.82, 2.24) is 0 Å². The highest BCUT2D eigenvalue weighted by Gasteiger charge is 2.42. The summed E-state index contributed by atoms with van der Waals surface area (Å²) in [6, 6.07) is 0. The lowest BCUT2D eigenvalue weighted by molar-refractivity contribution is -0.225. The average Bonchev–Trinajstić information content (AvgIpc) is 2.41. The number of hydrogen-bond acceptors (Lipinski definition) is 10. The second-order valence-electron chi connectivity index (χ2n) is 3.87. The fourth-order valence-electron chi connectivity index (χ4n) is 0.659. The third kappa shape index (κ3) is 8.77. The van der Waals surface area contributed by atoms with Crippen LogP contribution in [0.4, 0.5) is 0 Å². The van der Waals surface area contributed by atoms with Crippen LogP contribution in [0.2, 0.25) is 0 Å². The lowest BCUT2D eigenvalue weighted by Crippen LogP contribution is -2.09. The van der Waals surface area contributed by atoms with Crippen molar-refractivity contribution in [2.75, 3.05) is 6.61 Å². The quantitative estimate of drug-likeness (QED) is 0.260. The first-order valence-electron chi connectivity index (χ1n) is 5.83. The second-order valence-corrected chi connectivity index (χ2v) is 6.91. The molecule has 0 spiro atoms. The first-order valence-corrected chi connectivity index (χ1v) is 8.79. The van der Waals surface area contributed by atoms with Crippen molar-refractivity contribution < 1.29 is 51.6 Å². The number of carbonyl (C=O) groups excluding carboxylic acids is 2. The van der Waals surface area contributed by atoms with E-state index in [0.717, 1.165) is 0 Å². The van der Waals surface area contributed by atoms with E-state index in [0.29, 0.717) is 0 Å². The van der Waals surface area contributed by atoms with E-state index in [4.69, 9.17) is 0 Å². The molecule has 0 aliphatic carbocycles. The van der Waals surface area contributed by atoms with Crippen LogP contribution in [0.5, 0.6) is 0 Å². The Morgan fingerprint density at radius 3 is 1.83 bits per heavy atom. The van der Waals surface area contributed by atoms with Gasteiger partial charge in [0.1, 0.15) is 0 Å². The molecule has 1 N–H and O–H groups in total. The summed E-state index contributed by atoms with van der Waals surface area (Å²) in [6.45, 7) is 9.93. The SMILES string of the molecule is C=C(C)C(=O)OOP(=O)(O)OP(=O)(OCC)OOC(=O)C(=C)C. The topological polar surface area (TPSA) is 144 Å². The molecule has 0 fully saturated rings. The molecule has 2 unspecified atom stereocenters. The van der Waals surface area contributed by atoms with Gasteiger partial charge in [-0.25, -0.2) is 18.7 Å². The standard InChI is InChI=1S/C10H16O11P2/c1-6-16-23(15,20-18-10(12)8(4)5)21-22(13,14)19-17-9(11)7(2)3/h2,4,6H2,1,3,5H3,(H,13,14). The number of rotatable bonds is 10. The molecule has 2 atom stereocenters. The van der Waals surface area contributed by atoms with Crippen LogP contribution in [-0.4, -0.2) is 23.4 Å². The van der Waals surface area contributed by atoms with Gasteiger partial charge in [-0.1, -0.05) is 22.5 Å². The molecule has 0 aliphatic rings. The minimum Gasteiger partial charge on any atom is -0.300 e. The van der Waals surface area contributed by atoms with E-state index in [1.165, 1.54) is 20.8 Å². The Labute approximate surface area is 131 Å². The summed E-state index contributed by atoms with van der Waals surface area (Å²) in [6.07, 6.45) is 0.